The van der Waals surface area contributed by atoms with Crippen molar-refractivity contribution in [3.8, 4) is 0 Å². The summed E-state index contributed by atoms with van der Waals surface area (Å²) >= 11 is 15.2. The van der Waals surface area contributed by atoms with Gasteiger partial charge in [0.05, 0.1) is 22.0 Å². The second-order valence-corrected chi connectivity index (χ2v) is 8.23. The zero-order chi connectivity index (χ0) is 19.6. The van der Waals surface area contributed by atoms with Crippen molar-refractivity contribution >= 4 is 61.8 Å². The molecule has 3 heterocycles. The van der Waals surface area contributed by atoms with Crippen molar-refractivity contribution < 1.29 is 0 Å². The fourth-order valence-corrected chi connectivity index (χ4v) is 4.34. The van der Waals surface area contributed by atoms with Crippen molar-refractivity contribution in [1.82, 2.24) is 9.97 Å². The summed E-state index contributed by atoms with van der Waals surface area (Å²) < 4.78 is 1.01. The van der Waals surface area contributed by atoms with E-state index in [1.807, 2.05) is 30.7 Å². The molecule has 1 aliphatic carbocycles. The van der Waals surface area contributed by atoms with Gasteiger partial charge in [-0.15, -0.1) is 22.7 Å². The molecule has 1 atom stereocenters. The van der Waals surface area contributed by atoms with Crippen molar-refractivity contribution in [3.63, 3.8) is 0 Å². The number of aromatic nitrogens is 2. The molecule has 27 heavy (non-hydrogen) atoms. The minimum absolute atomic E-state index is 0.435. The molecule has 0 amide bonds. The molecule has 3 N–H and O–H groups in total. The Labute approximate surface area is 178 Å². The Balaban J connectivity index is 0.000000244. The minimum atomic E-state index is 0.435. The number of rotatable bonds is 3. The monoisotopic (exact) mass is 442 g/mol. The fraction of sp³-hybridized carbons (Fsp3) is 0.368. The molecular formula is C19H24Cl2N4S2. The maximum absolute atomic E-state index is 6.07. The van der Waals surface area contributed by atoms with Gasteiger partial charge in [-0.2, -0.15) is 0 Å². The second-order valence-electron chi connectivity index (χ2n) is 5.58. The Hall–Kier alpha value is -1.18. The molecule has 4 nitrogen and oxygen atoms in total. The van der Waals surface area contributed by atoms with E-state index >= 15 is 0 Å². The number of nitrogens with zero attached hydrogens (tertiary/aromatic N) is 2. The average Bonchev–Trinajstić information content (AvgIpc) is 3.33. The lowest BCUT2D eigenvalue weighted by Crippen LogP contribution is -2.19. The molecule has 3 aromatic heterocycles. The van der Waals surface area contributed by atoms with Gasteiger partial charge in [0.25, 0.3) is 0 Å². The van der Waals surface area contributed by atoms with E-state index in [-0.39, 0.29) is 0 Å². The Morgan fingerprint density at radius 2 is 2.07 bits per heavy atom. The molecule has 0 fully saturated rings. The predicted molar refractivity (Wildman–Crippen MR) is 121 cm³/mol. The van der Waals surface area contributed by atoms with Crippen LogP contribution in [-0.2, 0) is 6.54 Å². The Morgan fingerprint density at radius 3 is 2.67 bits per heavy atom. The summed E-state index contributed by atoms with van der Waals surface area (Å²) in [5.74, 6) is 0. The first kappa shape index (κ1) is 22.1. The van der Waals surface area contributed by atoms with E-state index < -0.39 is 0 Å². The number of thiophene rings is 1. The number of hydrogen-bond donors (Lipinski definition) is 2. The number of nitrogens with two attached hydrogens (primary N) is 1. The lowest BCUT2D eigenvalue weighted by atomic mass is 10.0. The van der Waals surface area contributed by atoms with Crippen LogP contribution in [0.5, 0.6) is 0 Å². The molecule has 3 aromatic rings. The smallest absolute Gasteiger partial charge is 0.131 e. The Kier molecular flexibility index (Phi) is 9.51. The van der Waals surface area contributed by atoms with E-state index in [0.717, 1.165) is 27.3 Å². The highest BCUT2D eigenvalue weighted by Gasteiger charge is 2.10. The van der Waals surface area contributed by atoms with Gasteiger partial charge in [0.1, 0.15) is 15.7 Å². The standard InChI is InChI=1S/C11H7Cl2N3S2.C6H11N.C2H6/c12-6-5-18-11-7(3-8(13)16-10(6)11)15-4-9-14-1-2-17-9;7-6-4-2-1-3-5-6;1-2/h1-3,5H,4H2,(H,15,16);1-2,6H,3-5,7H2;1-2H3. The number of halogens is 2. The van der Waals surface area contributed by atoms with E-state index in [2.05, 4.69) is 27.4 Å². The molecular weight excluding hydrogens is 419 g/mol. The lowest BCUT2D eigenvalue weighted by molar-refractivity contribution is 0.606. The summed E-state index contributed by atoms with van der Waals surface area (Å²) in [5.41, 5.74) is 7.27. The van der Waals surface area contributed by atoms with Crippen LogP contribution >= 0.6 is 45.9 Å². The number of fused-ring (bicyclic) bond motifs is 1. The van der Waals surface area contributed by atoms with Gasteiger partial charge in [-0.3, -0.25) is 0 Å². The quantitative estimate of drug-likeness (QED) is 0.347. The van der Waals surface area contributed by atoms with E-state index in [0.29, 0.717) is 22.8 Å². The number of nitrogens with one attached hydrogen (secondary N) is 1. The van der Waals surface area contributed by atoms with Gasteiger partial charge in [-0.25, -0.2) is 9.97 Å². The maximum atomic E-state index is 6.07. The van der Waals surface area contributed by atoms with Crippen molar-refractivity contribution in [2.75, 3.05) is 5.32 Å². The van der Waals surface area contributed by atoms with Crippen LogP contribution in [0, 0.1) is 0 Å². The molecule has 146 valence electrons. The van der Waals surface area contributed by atoms with Crippen LogP contribution in [0.15, 0.2) is 35.2 Å². The fourth-order valence-electron chi connectivity index (χ4n) is 2.41. The first-order chi connectivity index (χ1) is 13.1. The molecule has 1 aliphatic rings. The molecule has 8 heteroatoms. The van der Waals surface area contributed by atoms with Gasteiger partial charge in [0.15, 0.2) is 0 Å². The zero-order valence-corrected chi connectivity index (χ0v) is 18.6. The van der Waals surface area contributed by atoms with Crippen LogP contribution in [0.3, 0.4) is 0 Å². The van der Waals surface area contributed by atoms with E-state index in [1.165, 1.54) is 12.8 Å². The highest BCUT2D eigenvalue weighted by Crippen LogP contribution is 2.35. The lowest BCUT2D eigenvalue weighted by Gasteiger charge is -2.09. The number of anilines is 1. The topological polar surface area (TPSA) is 63.8 Å². The summed E-state index contributed by atoms with van der Waals surface area (Å²) in [7, 11) is 0. The van der Waals surface area contributed by atoms with Gasteiger partial charge in [-0.1, -0.05) is 49.2 Å². The summed E-state index contributed by atoms with van der Waals surface area (Å²) in [6.45, 7) is 4.67. The van der Waals surface area contributed by atoms with Crippen molar-refractivity contribution in [1.29, 1.82) is 0 Å². The molecule has 0 saturated heterocycles. The predicted octanol–water partition coefficient (Wildman–Crippen LogP) is 6.75. The van der Waals surface area contributed by atoms with Crippen LogP contribution in [0.25, 0.3) is 10.2 Å². The third-order valence-corrected chi connectivity index (χ3v) is 6.06. The zero-order valence-electron chi connectivity index (χ0n) is 15.4. The molecule has 0 bridgehead atoms. The summed E-state index contributed by atoms with van der Waals surface area (Å²) in [5, 5.41) is 9.23. The van der Waals surface area contributed by atoms with Crippen LogP contribution in [-0.4, -0.2) is 16.0 Å². The van der Waals surface area contributed by atoms with Crippen molar-refractivity contribution in [2.45, 2.75) is 45.7 Å². The molecule has 0 aromatic carbocycles. The third-order valence-electron chi connectivity index (χ3n) is 3.67. The second kappa shape index (κ2) is 11.6. The van der Waals surface area contributed by atoms with Crippen molar-refractivity contribution in [3.05, 3.63) is 50.4 Å². The highest BCUT2D eigenvalue weighted by atomic mass is 35.5. The van der Waals surface area contributed by atoms with Gasteiger partial charge < -0.3 is 11.1 Å². The average molecular weight is 443 g/mol. The molecule has 1 unspecified atom stereocenters. The van der Waals surface area contributed by atoms with Crippen LogP contribution < -0.4 is 11.1 Å². The van der Waals surface area contributed by atoms with Gasteiger partial charge in [-0.05, 0) is 19.3 Å². The molecule has 0 radical (unpaired) electrons. The molecule has 0 spiro atoms. The Morgan fingerprint density at radius 1 is 1.26 bits per heavy atom. The first-order valence-corrected chi connectivity index (χ1v) is 11.4. The molecule has 0 aliphatic heterocycles. The van der Waals surface area contributed by atoms with Crippen LogP contribution in [0.2, 0.25) is 10.2 Å². The van der Waals surface area contributed by atoms with E-state index in [4.69, 9.17) is 28.9 Å². The van der Waals surface area contributed by atoms with Crippen LogP contribution in [0.1, 0.15) is 38.1 Å². The SMILES string of the molecule is CC.Clc1cc(NCc2nccs2)c2scc(Cl)c2n1.NC1CC=CCC1. The van der Waals surface area contributed by atoms with Crippen LogP contribution in [0.4, 0.5) is 5.69 Å². The molecule has 0 saturated carbocycles. The highest BCUT2D eigenvalue weighted by molar-refractivity contribution is 7.18. The van der Waals surface area contributed by atoms with Gasteiger partial charge in [0, 0.05) is 29.1 Å². The first-order valence-electron chi connectivity index (χ1n) is 8.89. The van der Waals surface area contributed by atoms with E-state index in [9.17, 15) is 0 Å². The normalized spacial score (nSPS) is 15.5. The Bertz CT molecular complexity index is 847. The number of hydrogen-bond acceptors (Lipinski definition) is 6. The third kappa shape index (κ3) is 6.73. The number of thiazole rings is 1. The summed E-state index contributed by atoms with van der Waals surface area (Å²) in [6, 6.07) is 2.26. The maximum Gasteiger partial charge on any atom is 0.131 e. The number of pyridine rings is 1. The van der Waals surface area contributed by atoms with Crippen molar-refractivity contribution in [2.24, 2.45) is 5.73 Å². The van der Waals surface area contributed by atoms with E-state index in [1.54, 1.807) is 28.9 Å². The summed E-state index contributed by atoms with van der Waals surface area (Å²) in [6.07, 6.45) is 9.59. The van der Waals surface area contributed by atoms with Gasteiger partial charge in [0.2, 0.25) is 0 Å². The number of allylic oxidation sites excluding steroid dienone is 1. The summed E-state index contributed by atoms with van der Waals surface area (Å²) in [4.78, 5) is 8.46. The molecule has 4 rings (SSSR count). The van der Waals surface area contributed by atoms with Gasteiger partial charge >= 0.3 is 0 Å². The largest absolute Gasteiger partial charge is 0.377 e. The minimum Gasteiger partial charge on any atom is -0.377 e.